The van der Waals surface area contributed by atoms with Gasteiger partial charge in [-0.15, -0.1) is 0 Å². The zero-order valence-corrected chi connectivity index (χ0v) is 6.99. The van der Waals surface area contributed by atoms with Gasteiger partial charge in [-0.2, -0.15) is 0 Å². The van der Waals surface area contributed by atoms with E-state index in [1.54, 1.807) is 0 Å². The van der Waals surface area contributed by atoms with Crippen molar-refractivity contribution in [1.29, 1.82) is 0 Å². The van der Waals surface area contributed by atoms with Crippen LogP contribution in [-0.2, 0) is 4.74 Å². The SMILES string of the molecule is C[C@@H]1CCC([C@H](O)CCN)O1. The summed E-state index contributed by atoms with van der Waals surface area (Å²) in [4.78, 5) is 0. The van der Waals surface area contributed by atoms with Crippen LogP contribution in [0.25, 0.3) is 0 Å². The summed E-state index contributed by atoms with van der Waals surface area (Å²) in [6.07, 6.45) is 2.68. The van der Waals surface area contributed by atoms with Gasteiger partial charge in [0.25, 0.3) is 0 Å². The van der Waals surface area contributed by atoms with E-state index >= 15 is 0 Å². The zero-order chi connectivity index (χ0) is 8.27. The van der Waals surface area contributed by atoms with Crippen LogP contribution in [0.3, 0.4) is 0 Å². The van der Waals surface area contributed by atoms with Gasteiger partial charge in [0.1, 0.15) is 0 Å². The van der Waals surface area contributed by atoms with Crippen LogP contribution < -0.4 is 5.73 Å². The van der Waals surface area contributed by atoms with Crippen LogP contribution in [0.5, 0.6) is 0 Å². The smallest absolute Gasteiger partial charge is 0.0839 e. The highest BCUT2D eigenvalue weighted by molar-refractivity contribution is 4.77. The minimum atomic E-state index is -0.357. The maximum atomic E-state index is 9.46. The molecule has 1 aliphatic heterocycles. The summed E-state index contributed by atoms with van der Waals surface area (Å²) in [7, 11) is 0. The Morgan fingerprint density at radius 1 is 1.64 bits per heavy atom. The van der Waals surface area contributed by atoms with Crippen LogP contribution >= 0.6 is 0 Å². The molecule has 1 heterocycles. The van der Waals surface area contributed by atoms with Gasteiger partial charge in [-0.05, 0) is 32.7 Å². The second-order valence-electron chi connectivity index (χ2n) is 3.21. The lowest BCUT2D eigenvalue weighted by molar-refractivity contribution is -0.0303. The van der Waals surface area contributed by atoms with Crippen molar-refractivity contribution in [2.24, 2.45) is 5.73 Å². The number of rotatable bonds is 3. The Labute approximate surface area is 67.5 Å². The summed E-state index contributed by atoms with van der Waals surface area (Å²) < 4.78 is 5.47. The zero-order valence-electron chi connectivity index (χ0n) is 6.99. The summed E-state index contributed by atoms with van der Waals surface area (Å²) in [6, 6.07) is 0. The van der Waals surface area contributed by atoms with E-state index in [0.717, 1.165) is 12.8 Å². The molecule has 3 N–H and O–H groups in total. The molecule has 0 aromatic heterocycles. The van der Waals surface area contributed by atoms with Gasteiger partial charge in [0, 0.05) is 0 Å². The highest BCUT2D eigenvalue weighted by Gasteiger charge is 2.27. The van der Waals surface area contributed by atoms with Crippen LogP contribution in [0.1, 0.15) is 26.2 Å². The summed E-state index contributed by atoms with van der Waals surface area (Å²) in [5.74, 6) is 0. The topological polar surface area (TPSA) is 55.5 Å². The molecule has 0 aromatic carbocycles. The molecule has 1 rings (SSSR count). The van der Waals surface area contributed by atoms with Crippen LogP contribution in [0, 0.1) is 0 Å². The van der Waals surface area contributed by atoms with Gasteiger partial charge in [0.15, 0.2) is 0 Å². The van der Waals surface area contributed by atoms with Crippen molar-refractivity contribution in [3.05, 3.63) is 0 Å². The molecule has 0 bridgehead atoms. The fraction of sp³-hybridized carbons (Fsp3) is 1.00. The van der Waals surface area contributed by atoms with E-state index in [0.29, 0.717) is 19.1 Å². The Bertz CT molecular complexity index is 119. The first-order valence-electron chi connectivity index (χ1n) is 4.27. The molecule has 0 spiro atoms. The number of hydrogen-bond donors (Lipinski definition) is 2. The van der Waals surface area contributed by atoms with E-state index < -0.39 is 0 Å². The van der Waals surface area contributed by atoms with E-state index in [9.17, 15) is 5.11 Å². The normalized spacial score (nSPS) is 34.1. The molecular formula is C8H17NO2. The molecule has 3 atom stereocenters. The largest absolute Gasteiger partial charge is 0.390 e. The van der Waals surface area contributed by atoms with E-state index in [1.165, 1.54) is 0 Å². The Morgan fingerprint density at radius 3 is 2.82 bits per heavy atom. The molecule has 0 saturated carbocycles. The minimum Gasteiger partial charge on any atom is -0.390 e. The van der Waals surface area contributed by atoms with Crippen molar-refractivity contribution in [2.45, 2.75) is 44.5 Å². The van der Waals surface area contributed by atoms with Crippen LogP contribution in [0.2, 0.25) is 0 Å². The van der Waals surface area contributed by atoms with Gasteiger partial charge in [0.2, 0.25) is 0 Å². The molecule has 0 aliphatic carbocycles. The van der Waals surface area contributed by atoms with Gasteiger partial charge < -0.3 is 15.6 Å². The highest BCUT2D eigenvalue weighted by atomic mass is 16.5. The number of aliphatic hydroxyl groups is 1. The summed E-state index contributed by atoms with van der Waals surface area (Å²) >= 11 is 0. The first kappa shape index (κ1) is 8.97. The number of hydrogen-bond acceptors (Lipinski definition) is 3. The molecule has 1 saturated heterocycles. The Kier molecular flexibility index (Phi) is 3.30. The van der Waals surface area contributed by atoms with Gasteiger partial charge in [-0.1, -0.05) is 0 Å². The predicted octanol–water partition coefficient (Wildman–Crippen LogP) is 0.264. The summed E-state index contributed by atoms with van der Waals surface area (Å²) in [5.41, 5.74) is 5.32. The third-order valence-electron chi connectivity index (χ3n) is 2.16. The first-order valence-corrected chi connectivity index (χ1v) is 4.27. The van der Waals surface area contributed by atoms with Crippen molar-refractivity contribution >= 4 is 0 Å². The fourth-order valence-electron chi connectivity index (χ4n) is 1.47. The van der Waals surface area contributed by atoms with Crippen molar-refractivity contribution < 1.29 is 9.84 Å². The summed E-state index contributed by atoms with van der Waals surface area (Å²) in [5, 5.41) is 9.46. The Balaban J connectivity index is 2.25. The lowest BCUT2D eigenvalue weighted by Crippen LogP contribution is -2.28. The lowest BCUT2D eigenvalue weighted by Gasteiger charge is -2.17. The number of ether oxygens (including phenoxy) is 1. The molecule has 3 heteroatoms. The molecule has 66 valence electrons. The molecule has 3 nitrogen and oxygen atoms in total. The number of aliphatic hydroxyl groups excluding tert-OH is 1. The molecule has 1 aliphatic rings. The summed E-state index contributed by atoms with van der Waals surface area (Å²) in [6.45, 7) is 2.57. The second-order valence-corrected chi connectivity index (χ2v) is 3.21. The monoisotopic (exact) mass is 159 g/mol. The van der Waals surface area contributed by atoms with Gasteiger partial charge in [-0.25, -0.2) is 0 Å². The third kappa shape index (κ3) is 2.43. The lowest BCUT2D eigenvalue weighted by atomic mass is 10.1. The van der Waals surface area contributed by atoms with E-state index in [-0.39, 0.29) is 12.2 Å². The Morgan fingerprint density at radius 2 is 2.36 bits per heavy atom. The molecule has 0 amide bonds. The second kappa shape index (κ2) is 4.04. The minimum absolute atomic E-state index is 0.0357. The maximum Gasteiger partial charge on any atom is 0.0839 e. The third-order valence-corrected chi connectivity index (χ3v) is 2.16. The molecule has 11 heavy (non-hydrogen) atoms. The van der Waals surface area contributed by atoms with Gasteiger partial charge in [0.05, 0.1) is 18.3 Å². The van der Waals surface area contributed by atoms with Crippen LogP contribution in [-0.4, -0.2) is 30.0 Å². The van der Waals surface area contributed by atoms with Crippen molar-refractivity contribution in [3.63, 3.8) is 0 Å². The molecule has 1 unspecified atom stereocenters. The van der Waals surface area contributed by atoms with Gasteiger partial charge >= 0.3 is 0 Å². The van der Waals surface area contributed by atoms with Gasteiger partial charge in [-0.3, -0.25) is 0 Å². The number of nitrogens with two attached hydrogens (primary N) is 1. The Hall–Kier alpha value is -0.120. The van der Waals surface area contributed by atoms with Crippen molar-refractivity contribution in [1.82, 2.24) is 0 Å². The van der Waals surface area contributed by atoms with E-state index in [1.807, 2.05) is 6.92 Å². The van der Waals surface area contributed by atoms with Crippen molar-refractivity contribution in [3.8, 4) is 0 Å². The first-order chi connectivity index (χ1) is 5.24. The average Bonchev–Trinajstić information content (AvgIpc) is 2.36. The molecule has 0 radical (unpaired) electrons. The predicted molar refractivity (Wildman–Crippen MR) is 43.2 cm³/mol. The average molecular weight is 159 g/mol. The quantitative estimate of drug-likeness (QED) is 0.621. The maximum absolute atomic E-state index is 9.46. The molecular weight excluding hydrogens is 142 g/mol. The van der Waals surface area contributed by atoms with Crippen LogP contribution in [0.15, 0.2) is 0 Å². The highest BCUT2D eigenvalue weighted by Crippen LogP contribution is 2.22. The van der Waals surface area contributed by atoms with E-state index in [2.05, 4.69) is 0 Å². The van der Waals surface area contributed by atoms with E-state index in [4.69, 9.17) is 10.5 Å². The van der Waals surface area contributed by atoms with Crippen molar-refractivity contribution in [2.75, 3.05) is 6.54 Å². The molecule has 1 fully saturated rings. The fourth-order valence-corrected chi connectivity index (χ4v) is 1.47. The molecule has 0 aromatic rings. The standard InChI is InChI=1S/C8H17NO2/c1-6-2-3-8(11-6)7(10)4-5-9/h6-8,10H,2-5,9H2,1H3/t6-,7-,8?/m1/s1. The van der Waals surface area contributed by atoms with Crippen LogP contribution in [0.4, 0.5) is 0 Å².